The lowest BCUT2D eigenvalue weighted by Crippen LogP contribution is -2.29. The first-order valence-electron chi connectivity index (χ1n) is 6.74. The second kappa shape index (κ2) is 6.17. The number of aryl methyl sites for hydroxylation is 1. The molecule has 1 heterocycles. The molecular formula is C13H24N4. The molecule has 4 nitrogen and oxygen atoms in total. The number of hydrogen-bond donors (Lipinski definition) is 3. The zero-order chi connectivity index (χ0) is 12.1. The molecule has 1 aliphatic rings. The molecule has 0 atom stereocenters. The summed E-state index contributed by atoms with van der Waals surface area (Å²) in [5, 5.41) is 14.4. The van der Waals surface area contributed by atoms with Crippen molar-refractivity contribution in [1.29, 1.82) is 0 Å². The van der Waals surface area contributed by atoms with Gasteiger partial charge in [-0.1, -0.05) is 13.8 Å². The smallest absolute Gasteiger partial charge is 0.0794 e. The maximum atomic E-state index is 4.38. The van der Waals surface area contributed by atoms with Crippen LogP contribution in [-0.2, 0) is 19.4 Å². The lowest BCUT2D eigenvalue weighted by atomic mass is 10.2. The molecule has 0 radical (unpaired) electrons. The molecule has 0 saturated carbocycles. The van der Waals surface area contributed by atoms with Crippen LogP contribution in [0.2, 0.25) is 0 Å². The summed E-state index contributed by atoms with van der Waals surface area (Å²) in [6.45, 7) is 8.49. The Balaban J connectivity index is 1.62. The zero-order valence-electron chi connectivity index (χ0n) is 11.0. The third-order valence-electron chi connectivity index (χ3n) is 3.22. The Labute approximate surface area is 104 Å². The predicted octanol–water partition coefficient (Wildman–Crippen LogP) is 1.23. The van der Waals surface area contributed by atoms with Gasteiger partial charge in [0.2, 0.25) is 0 Å². The molecule has 0 fully saturated rings. The highest BCUT2D eigenvalue weighted by molar-refractivity contribution is 5.29. The van der Waals surface area contributed by atoms with Crippen molar-refractivity contribution >= 4 is 0 Å². The van der Waals surface area contributed by atoms with E-state index < -0.39 is 0 Å². The standard InChI is InChI=1S/C13H24N4/c1-10(2)8-14-6-7-15-9-13-11-4-3-5-12(11)16-17-13/h10,14-15H,3-9H2,1-2H3,(H,16,17). The molecule has 0 aliphatic heterocycles. The molecule has 2 rings (SSSR count). The van der Waals surface area contributed by atoms with E-state index in [2.05, 4.69) is 34.7 Å². The fourth-order valence-electron chi connectivity index (χ4n) is 2.31. The van der Waals surface area contributed by atoms with Gasteiger partial charge in [-0.25, -0.2) is 0 Å². The van der Waals surface area contributed by atoms with Crippen molar-refractivity contribution in [3.8, 4) is 0 Å². The van der Waals surface area contributed by atoms with Gasteiger partial charge in [0.25, 0.3) is 0 Å². The van der Waals surface area contributed by atoms with Gasteiger partial charge in [-0.15, -0.1) is 0 Å². The van der Waals surface area contributed by atoms with Crippen LogP contribution in [0.1, 0.15) is 37.2 Å². The van der Waals surface area contributed by atoms with Gasteiger partial charge in [-0.05, 0) is 37.3 Å². The second-order valence-electron chi connectivity index (χ2n) is 5.26. The van der Waals surface area contributed by atoms with Crippen molar-refractivity contribution < 1.29 is 0 Å². The molecule has 0 aromatic carbocycles. The van der Waals surface area contributed by atoms with Gasteiger partial charge >= 0.3 is 0 Å². The van der Waals surface area contributed by atoms with E-state index in [-0.39, 0.29) is 0 Å². The fourth-order valence-corrected chi connectivity index (χ4v) is 2.31. The van der Waals surface area contributed by atoms with Crippen LogP contribution in [0, 0.1) is 5.92 Å². The van der Waals surface area contributed by atoms with E-state index in [1.54, 1.807) is 0 Å². The molecule has 0 unspecified atom stereocenters. The number of rotatable bonds is 7. The Hall–Kier alpha value is -0.870. The van der Waals surface area contributed by atoms with E-state index in [0.717, 1.165) is 32.1 Å². The van der Waals surface area contributed by atoms with Gasteiger partial charge < -0.3 is 10.6 Å². The van der Waals surface area contributed by atoms with Crippen molar-refractivity contribution in [2.45, 2.75) is 39.7 Å². The average molecular weight is 236 g/mol. The number of aromatic nitrogens is 2. The normalized spacial score (nSPS) is 14.5. The number of aromatic amines is 1. The van der Waals surface area contributed by atoms with Crippen LogP contribution in [0.25, 0.3) is 0 Å². The first-order chi connectivity index (χ1) is 8.27. The molecule has 1 aliphatic carbocycles. The summed E-state index contributed by atoms with van der Waals surface area (Å²) < 4.78 is 0. The highest BCUT2D eigenvalue weighted by Crippen LogP contribution is 2.22. The van der Waals surface area contributed by atoms with Crippen molar-refractivity contribution in [2.75, 3.05) is 19.6 Å². The summed E-state index contributed by atoms with van der Waals surface area (Å²) in [4.78, 5) is 0. The number of nitrogens with one attached hydrogen (secondary N) is 3. The first-order valence-corrected chi connectivity index (χ1v) is 6.74. The fraction of sp³-hybridized carbons (Fsp3) is 0.769. The molecule has 0 spiro atoms. The van der Waals surface area contributed by atoms with Crippen LogP contribution in [0.5, 0.6) is 0 Å². The Morgan fingerprint density at radius 3 is 2.88 bits per heavy atom. The molecule has 0 bridgehead atoms. The van der Waals surface area contributed by atoms with Gasteiger partial charge in [0.15, 0.2) is 0 Å². The summed E-state index contributed by atoms with van der Waals surface area (Å²) in [5.74, 6) is 0.726. The van der Waals surface area contributed by atoms with Crippen LogP contribution < -0.4 is 10.6 Å². The molecule has 1 aromatic heterocycles. The average Bonchev–Trinajstić information content (AvgIpc) is 2.86. The van der Waals surface area contributed by atoms with Crippen LogP contribution >= 0.6 is 0 Å². The third-order valence-corrected chi connectivity index (χ3v) is 3.22. The quantitative estimate of drug-likeness (QED) is 0.624. The summed E-state index contributed by atoms with van der Waals surface area (Å²) in [6, 6.07) is 0. The highest BCUT2D eigenvalue weighted by atomic mass is 15.1. The second-order valence-corrected chi connectivity index (χ2v) is 5.26. The van der Waals surface area contributed by atoms with E-state index in [0.29, 0.717) is 0 Å². The van der Waals surface area contributed by atoms with E-state index in [4.69, 9.17) is 0 Å². The molecule has 4 heteroatoms. The molecule has 3 N–H and O–H groups in total. The highest BCUT2D eigenvalue weighted by Gasteiger charge is 2.17. The first kappa shape index (κ1) is 12.6. The summed E-state index contributed by atoms with van der Waals surface area (Å²) in [7, 11) is 0. The molecular weight excluding hydrogens is 212 g/mol. The van der Waals surface area contributed by atoms with E-state index in [1.807, 2.05) is 0 Å². The van der Waals surface area contributed by atoms with E-state index >= 15 is 0 Å². The number of hydrogen-bond acceptors (Lipinski definition) is 3. The van der Waals surface area contributed by atoms with Gasteiger partial charge in [0, 0.05) is 25.3 Å². The Morgan fingerprint density at radius 1 is 1.24 bits per heavy atom. The third kappa shape index (κ3) is 3.54. The molecule has 1 aromatic rings. The van der Waals surface area contributed by atoms with E-state index in [9.17, 15) is 0 Å². The maximum Gasteiger partial charge on any atom is 0.0794 e. The minimum atomic E-state index is 0.726. The zero-order valence-corrected chi connectivity index (χ0v) is 11.0. The number of H-pyrrole nitrogens is 1. The largest absolute Gasteiger partial charge is 0.315 e. The Kier molecular flexibility index (Phi) is 4.57. The summed E-state index contributed by atoms with van der Waals surface area (Å²) in [5.41, 5.74) is 4.05. The van der Waals surface area contributed by atoms with Crippen LogP contribution in [0.4, 0.5) is 0 Å². The Morgan fingerprint density at radius 2 is 2.06 bits per heavy atom. The van der Waals surface area contributed by atoms with Crippen LogP contribution in [-0.4, -0.2) is 29.8 Å². The lowest BCUT2D eigenvalue weighted by Gasteiger charge is -2.08. The monoisotopic (exact) mass is 236 g/mol. The topological polar surface area (TPSA) is 52.7 Å². The van der Waals surface area contributed by atoms with Crippen LogP contribution in [0.15, 0.2) is 0 Å². The number of nitrogens with zero attached hydrogens (tertiary/aromatic N) is 1. The predicted molar refractivity (Wildman–Crippen MR) is 70.0 cm³/mol. The van der Waals surface area contributed by atoms with Gasteiger partial charge in [-0.3, -0.25) is 5.10 Å². The number of fused-ring (bicyclic) bond motifs is 1. The van der Waals surface area contributed by atoms with Gasteiger partial charge in [-0.2, -0.15) is 5.10 Å². The molecule has 0 amide bonds. The molecule has 96 valence electrons. The lowest BCUT2D eigenvalue weighted by molar-refractivity contribution is 0.533. The Bertz CT molecular complexity index is 343. The van der Waals surface area contributed by atoms with Gasteiger partial charge in [0.05, 0.1) is 5.69 Å². The van der Waals surface area contributed by atoms with Crippen LogP contribution in [0.3, 0.4) is 0 Å². The minimum Gasteiger partial charge on any atom is -0.315 e. The summed E-state index contributed by atoms with van der Waals surface area (Å²) in [6.07, 6.45) is 3.67. The minimum absolute atomic E-state index is 0.726. The summed E-state index contributed by atoms with van der Waals surface area (Å²) >= 11 is 0. The SMILES string of the molecule is CC(C)CNCCNCc1n[nH]c2c1CCC2. The van der Waals surface area contributed by atoms with E-state index in [1.165, 1.54) is 36.2 Å². The maximum absolute atomic E-state index is 4.38. The van der Waals surface area contributed by atoms with Gasteiger partial charge in [0.1, 0.15) is 0 Å². The molecule has 17 heavy (non-hydrogen) atoms. The van der Waals surface area contributed by atoms with Crippen molar-refractivity contribution in [3.63, 3.8) is 0 Å². The van der Waals surface area contributed by atoms with Crippen molar-refractivity contribution in [3.05, 3.63) is 17.0 Å². The van der Waals surface area contributed by atoms with Crippen molar-refractivity contribution in [2.24, 2.45) is 5.92 Å². The van der Waals surface area contributed by atoms with Crippen molar-refractivity contribution in [1.82, 2.24) is 20.8 Å². The molecule has 0 saturated heterocycles.